The Morgan fingerprint density at radius 1 is 0.534 bits per heavy atom. The average molecular weight is 878 g/mol. The maximum Gasteiger partial charge on any atom is 1.00 e. The number of benzene rings is 4. The first-order valence-electron chi connectivity index (χ1n) is 16.5. The number of phenolic OH excluding ortho intramolecular Hbond substituents is 2. The summed E-state index contributed by atoms with van der Waals surface area (Å²) < 4.78 is 53.2. The predicted molar refractivity (Wildman–Crippen MR) is 206 cm³/mol. The van der Waals surface area contributed by atoms with E-state index >= 15 is 0 Å². The first-order valence-corrected chi connectivity index (χ1v) is 19.3. The summed E-state index contributed by atoms with van der Waals surface area (Å²) in [6.45, 7) is 3.33. The topological polar surface area (TPSA) is 241 Å². The zero-order valence-electron chi connectivity index (χ0n) is 32.4. The molecule has 4 N–H and O–H groups in total. The van der Waals surface area contributed by atoms with Gasteiger partial charge in [-0.1, -0.05) is 36.4 Å². The molecule has 0 aliphatic heterocycles. The number of sulfonamides is 2. The van der Waals surface area contributed by atoms with Gasteiger partial charge in [0, 0.05) is 57.7 Å². The first-order chi connectivity index (χ1) is 26.4. The Morgan fingerprint density at radius 3 is 1.16 bits per heavy atom. The second-order valence-corrected chi connectivity index (χ2v) is 16.6. The molecule has 2 heterocycles. The smallest absolute Gasteiger partial charge is 0.506 e. The third-order valence-electron chi connectivity index (χ3n) is 7.98. The minimum atomic E-state index is -3.68. The maximum atomic E-state index is 12.1. The van der Waals surface area contributed by atoms with Crippen molar-refractivity contribution in [3.63, 3.8) is 0 Å². The van der Waals surface area contributed by atoms with E-state index in [1.54, 1.807) is 38.1 Å². The average Bonchev–Trinajstić information content (AvgIpc) is 3.62. The van der Waals surface area contributed by atoms with Crippen LogP contribution in [0.5, 0.6) is 23.3 Å². The predicted octanol–water partition coefficient (Wildman–Crippen LogP) is 3.52. The van der Waals surface area contributed by atoms with E-state index < -0.39 is 20.0 Å². The number of nitrogens with zero attached hydrogens (tertiary/aromatic N) is 10. The number of azo groups is 2. The molecule has 18 nitrogen and oxygen atoms in total. The van der Waals surface area contributed by atoms with Crippen LogP contribution in [-0.2, 0) is 37.4 Å². The Hall–Kier alpha value is -4.95. The van der Waals surface area contributed by atoms with Crippen LogP contribution in [0.4, 0.5) is 22.7 Å². The van der Waals surface area contributed by atoms with E-state index in [9.17, 15) is 37.3 Å². The normalized spacial score (nSPS) is 11.7. The van der Waals surface area contributed by atoms with Gasteiger partial charge in [0.25, 0.3) is 0 Å². The molecule has 0 spiro atoms. The van der Waals surface area contributed by atoms with E-state index in [2.05, 4.69) is 30.7 Å². The largest absolute Gasteiger partial charge is 1.00 e. The maximum absolute atomic E-state index is 12.1. The van der Waals surface area contributed by atoms with E-state index in [1.807, 2.05) is 36.4 Å². The molecular weight excluding hydrogens is 840 g/mol. The van der Waals surface area contributed by atoms with E-state index in [0.29, 0.717) is 22.8 Å². The van der Waals surface area contributed by atoms with Gasteiger partial charge in [0.15, 0.2) is 11.4 Å². The van der Waals surface area contributed by atoms with Gasteiger partial charge in [-0.25, -0.2) is 25.4 Å². The van der Waals surface area contributed by atoms with Gasteiger partial charge in [-0.2, -0.15) is 19.6 Å². The van der Waals surface area contributed by atoms with Crippen LogP contribution in [0, 0.1) is 13.8 Å². The molecule has 2 aromatic heterocycles. The minimum Gasteiger partial charge on any atom is -0.506 e. The molecule has 0 unspecified atom stereocenters. The molecule has 0 amide bonds. The Kier molecular flexibility index (Phi) is 16.1. The quantitative estimate of drug-likeness (QED) is 0.115. The van der Waals surface area contributed by atoms with Crippen LogP contribution in [0.2, 0.25) is 0 Å². The number of rotatable bonds is 10. The number of phenols is 2. The number of aryl methyl sites for hydroxylation is 2. The summed E-state index contributed by atoms with van der Waals surface area (Å²) in [6.07, 6.45) is 0. The molecule has 0 radical (unpaired) electrons. The van der Waals surface area contributed by atoms with Crippen LogP contribution >= 0.6 is 0 Å². The third kappa shape index (κ3) is 10.4. The summed E-state index contributed by atoms with van der Waals surface area (Å²) in [5.74, 6) is -1.09. The van der Waals surface area contributed by atoms with Crippen molar-refractivity contribution in [2.24, 2.45) is 20.5 Å². The van der Waals surface area contributed by atoms with Gasteiger partial charge < -0.3 is 20.4 Å². The Morgan fingerprint density at radius 2 is 0.862 bits per heavy atom. The van der Waals surface area contributed by atoms with Crippen LogP contribution in [0.3, 0.4) is 0 Å². The molecule has 22 heteroatoms. The van der Waals surface area contributed by atoms with Crippen molar-refractivity contribution < 1.29 is 84.2 Å². The Bertz CT molecular complexity index is 2470. The van der Waals surface area contributed by atoms with Crippen LogP contribution in [-0.4, -0.2) is 93.6 Å². The zero-order valence-corrected chi connectivity index (χ0v) is 37.3. The summed E-state index contributed by atoms with van der Waals surface area (Å²) in [4.78, 5) is -0.130. The molecule has 4 aromatic carbocycles. The van der Waals surface area contributed by atoms with Gasteiger partial charge in [0.1, 0.15) is 22.9 Å². The molecule has 0 saturated carbocycles. The van der Waals surface area contributed by atoms with Crippen molar-refractivity contribution in [1.82, 2.24) is 28.2 Å². The van der Waals surface area contributed by atoms with Crippen LogP contribution in [0.15, 0.2) is 127 Å². The fourth-order valence-electron chi connectivity index (χ4n) is 4.87. The molecule has 0 aliphatic carbocycles. The fraction of sp³-hybridized carbons (Fsp3) is 0.167. The van der Waals surface area contributed by atoms with Crippen molar-refractivity contribution in [3.05, 3.63) is 108 Å². The number of para-hydroxylation sites is 2. The van der Waals surface area contributed by atoms with Crippen LogP contribution in [0.25, 0.3) is 11.4 Å². The second kappa shape index (κ2) is 19.7. The molecule has 0 aliphatic rings. The van der Waals surface area contributed by atoms with Gasteiger partial charge in [-0.15, -0.1) is 20.5 Å². The number of hydrogen-bond donors (Lipinski definition) is 4. The van der Waals surface area contributed by atoms with Crippen molar-refractivity contribution in [2.75, 3.05) is 28.2 Å². The molecule has 6 aromatic rings. The minimum absolute atomic E-state index is 0. The number of aromatic hydroxyl groups is 4. The van der Waals surface area contributed by atoms with Crippen molar-refractivity contribution in [1.29, 1.82) is 0 Å². The molecule has 0 bridgehead atoms. The van der Waals surface area contributed by atoms with Gasteiger partial charge in [0.05, 0.1) is 32.6 Å². The summed E-state index contributed by atoms with van der Waals surface area (Å²) in [6, 6.07) is 25.6. The van der Waals surface area contributed by atoms with E-state index in [1.165, 1.54) is 61.8 Å². The van der Waals surface area contributed by atoms with Crippen LogP contribution in [0.1, 0.15) is 11.4 Å². The first kappa shape index (κ1) is 47.4. The summed E-state index contributed by atoms with van der Waals surface area (Å²) >= 11 is 0. The van der Waals surface area contributed by atoms with Crippen molar-refractivity contribution >= 4 is 42.8 Å². The molecule has 0 saturated heterocycles. The molecule has 0 atom stereocenters. The number of hydrogen-bond acceptors (Lipinski definition) is 14. The molecule has 58 heavy (non-hydrogen) atoms. The van der Waals surface area contributed by atoms with E-state index in [-0.39, 0.29) is 103 Å². The van der Waals surface area contributed by atoms with Gasteiger partial charge in [0.2, 0.25) is 31.8 Å². The summed E-state index contributed by atoms with van der Waals surface area (Å²) in [5.41, 5.74) is 2.61. The Balaban J connectivity index is 0.000000300. The van der Waals surface area contributed by atoms with Crippen molar-refractivity contribution in [2.45, 2.75) is 23.6 Å². The SMILES string of the molecule is Cc1nn(-c2ccccc2)c(O)c1N=Nc1ccc(S(=O)(=O)N(C)C)cc1O.Cc1nn(-c2ccccc2)c(O)c1N=Nc1ccc(S(=O)(=O)N(C)C)cc1O.[Cr].[Na+]. The summed E-state index contributed by atoms with van der Waals surface area (Å²) in [7, 11) is -1.76. The third-order valence-corrected chi connectivity index (χ3v) is 11.6. The zero-order chi connectivity index (χ0) is 40.9. The fourth-order valence-corrected chi connectivity index (χ4v) is 6.72. The molecule has 298 valence electrons. The Labute approximate surface area is 368 Å². The second-order valence-electron chi connectivity index (χ2n) is 12.3. The van der Waals surface area contributed by atoms with Crippen LogP contribution < -0.4 is 29.6 Å². The van der Waals surface area contributed by atoms with E-state index in [0.717, 1.165) is 20.7 Å². The van der Waals surface area contributed by atoms with E-state index in [4.69, 9.17) is 0 Å². The summed E-state index contributed by atoms with van der Waals surface area (Å²) in [5, 5.41) is 65.4. The van der Waals surface area contributed by atoms with Gasteiger partial charge in [-0.05, 0) is 62.4 Å². The van der Waals surface area contributed by atoms with Crippen molar-refractivity contribution in [3.8, 4) is 34.6 Å². The molecule has 6 rings (SSSR count). The standard InChI is InChI=1S/2C18H19N5O4S.Cr.Na/c2*1-12-17(18(25)23(21-12)13-7-5-4-6-8-13)20-19-15-10-9-14(11-16(15)24)28(26,27)22(2)3;;/h2*4-11,24-25H,1-3H3;;/q;;;+1. The number of aromatic nitrogens is 4. The molecule has 0 fully saturated rings. The van der Waals surface area contributed by atoms with Gasteiger partial charge in [-0.3, -0.25) is 0 Å². The monoisotopic (exact) mass is 877 g/mol. The molecular formula is C36H38CrN10NaO8S2+. The van der Waals surface area contributed by atoms with Gasteiger partial charge >= 0.3 is 29.6 Å².